The monoisotopic (exact) mass is 233 g/mol. The number of ether oxygens (including phenoxy) is 1. The van der Waals surface area contributed by atoms with E-state index in [9.17, 15) is 4.79 Å². The van der Waals surface area contributed by atoms with Crippen molar-refractivity contribution in [1.82, 2.24) is 4.90 Å². The predicted octanol–water partition coefficient (Wildman–Crippen LogP) is 2.67. The Hall–Kier alpha value is -1.61. The smallest absolute Gasteiger partial charge is 0.211 e. The summed E-state index contributed by atoms with van der Waals surface area (Å²) in [5.41, 5.74) is 2.32. The zero-order valence-corrected chi connectivity index (χ0v) is 10.4. The second-order valence-electron chi connectivity index (χ2n) is 4.08. The van der Waals surface area contributed by atoms with E-state index in [0.29, 0.717) is 0 Å². The molecule has 1 amide bonds. The molecule has 0 fully saturated rings. The van der Waals surface area contributed by atoms with Gasteiger partial charge in [-0.05, 0) is 18.9 Å². The summed E-state index contributed by atoms with van der Waals surface area (Å²) in [6, 6.07) is 8.20. The van der Waals surface area contributed by atoms with Crippen LogP contribution in [0.3, 0.4) is 0 Å². The molecule has 92 valence electrons. The summed E-state index contributed by atoms with van der Waals surface area (Å²) in [5.74, 6) is 0. The molecule has 17 heavy (non-hydrogen) atoms. The standard InChI is InChI=1S/C14H19NO2/c1-4-5-14(17-11-15(3)10-16)13-8-6-12(2)7-9-13/h4,6-10,14H,1,5,11H2,2-3H3. The van der Waals surface area contributed by atoms with Crippen LogP contribution in [-0.2, 0) is 9.53 Å². The summed E-state index contributed by atoms with van der Waals surface area (Å²) >= 11 is 0. The predicted molar refractivity (Wildman–Crippen MR) is 68.5 cm³/mol. The number of carbonyl (C=O) groups excluding carboxylic acids is 1. The minimum Gasteiger partial charge on any atom is -0.353 e. The first kappa shape index (κ1) is 13.5. The first-order valence-corrected chi connectivity index (χ1v) is 5.62. The average Bonchev–Trinajstić information content (AvgIpc) is 2.35. The van der Waals surface area contributed by atoms with E-state index in [1.807, 2.05) is 25.1 Å². The van der Waals surface area contributed by atoms with Crippen molar-refractivity contribution in [2.24, 2.45) is 0 Å². The summed E-state index contributed by atoms with van der Waals surface area (Å²) < 4.78 is 5.68. The van der Waals surface area contributed by atoms with Crippen LogP contribution in [-0.4, -0.2) is 25.1 Å². The molecule has 0 radical (unpaired) electrons. The maximum atomic E-state index is 10.5. The lowest BCUT2D eigenvalue weighted by molar-refractivity contribution is -0.123. The number of aryl methyl sites for hydroxylation is 1. The third-order valence-electron chi connectivity index (χ3n) is 2.49. The van der Waals surface area contributed by atoms with E-state index in [2.05, 4.69) is 18.7 Å². The van der Waals surface area contributed by atoms with Crippen LogP contribution in [0.1, 0.15) is 23.7 Å². The topological polar surface area (TPSA) is 29.5 Å². The molecular formula is C14H19NO2. The van der Waals surface area contributed by atoms with Gasteiger partial charge in [0.25, 0.3) is 0 Å². The van der Waals surface area contributed by atoms with E-state index >= 15 is 0 Å². The van der Waals surface area contributed by atoms with E-state index in [1.165, 1.54) is 10.5 Å². The molecule has 0 bridgehead atoms. The van der Waals surface area contributed by atoms with E-state index in [1.54, 1.807) is 7.05 Å². The van der Waals surface area contributed by atoms with Gasteiger partial charge >= 0.3 is 0 Å². The Morgan fingerprint density at radius 1 is 1.41 bits per heavy atom. The summed E-state index contributed by atoms with van der Waals surface area (Å²) in [4.78, 5) is 11.9. The Kier molecular flexibility index (Phi) is 5.43. The molecule has 3 nitrogen and oxygen atoms in total. The third kappa shape index (κ3) is 4.41. The molecule has 0 aliphatic carbocycles. The van der Waals surface area contributed by atoms with E-state index in [-0.39, 0.29) is 12.8 Å². The van der Waals surface area contributed by atoms with Gasteiger partial charge in [0, 0.05) is 7.05 Å². The van der Waals surface area contributed by atoms with Crippen molar-refractivity contribution in [2.45, 2.75) is 19.4 Å². The van der Waals surface area contributed by atoms with Gasteiger partial charge in [-0.15, -0.1) is 6.58 Å². The van der Waals surface area contributed by atoms with Crippen LogP contribution in [0.5, 0.6) is 0 Å². The van der Waals surface area contributed by atoms with Crippen molar-refractivity contribution in [3.05, 3.63) is 48.0 Å². The average molecular weight is 233 g/mol. The Labute approximate surface area is 103 Å². The number of nitrogens with zero attached hydrogens (tertiary/aromatic N) is 1. The highest BCUT2D eigenvalue weighted by molar-refractivity contribution is 5.45. The van der Waals surface area contributed by atoms with Crippen molar-refractivity contribution in [3.8, 4) is 0 Å². The Balaban J connectivity index is 2.67. The molecule has 0 N–H and O–H groups in total. The molecule has 0 saturated carbocycles. The van der Waals surface area contributed by atoms with Crippen molar-refractivity contribution >= 4 is 6.41 Å². The third-order valence-corrected chi connectivity index (χ3v) is 2.49. The molecular weight excluding hydrogens is 214 g/mol. The summed E-state index contributed by atoms with van der Waals surface area (Å²) in [6.45, 7) is 6.06. The molecule has 1 aromatic rings. The molecule has 0 saturated heterocycles. The van der Waals surface area contributed by atoms with Gasteiger partial charge in [-0.2, -0.15) is 0 Å². The Bertz CT molecular complexity index is 359. The molecule has 0 aliphatic rings. The highest BCUT2D eigenvalue weighted by Crippen LogP contribution is 2.22. The van der Waals surface area contributed by atoms with Crippen molar-refractivity contribution in [1.29, 1.82) is 0 Å². The van der Waals surface area contributed by atoms with Crippen LogP contribution < -0.4 is 0 Å². The fraction of sp³-hybridized carbons (Fsp3) is 0.357. The lowest BCUT2D eigenvalue weighted by atomic mass is 10.1. The lowest BCUT2D eigenvalue weighted by Gasteiger charge is -2.19. The number of rotatable bonds is 7. The minimum absolute atomic E-state index is 0.0458. The second-order valence-corrected chi connectivity index (χ2v) is 4.08. The SMILES string of the molecule is C=CCC(OCN(C)C=O)c1ccc(C)cc1. The molecule has 1 unspecified atom stereocenters. The lowest BCUT2D eigenvalue weighted by Crippen LogP contribution is -2.21. The Morgan fingerprint density at radius 2 is 2.06 bits per heavy atom. The maximum absolute atomic E-state index is 10.5. The maximum Gasteiger partial charge on any atom is 0.211 e. The first-order valence-electron chi connectivity index (χ1n) is 5.62. The largest absolute Gasteiger partial charge is 0.353 e. The van der Waals surface area contributed by atoms with E-state index in [4.69, 9.17) is 4.74 Å². The molecule has 0 heterocycles. The van der Waals surface area contributed by atoms with Crippen LogP contribution in [0.15, 0.2) is 36.9 Å². The highest BCUT2D eigenvalue weighted by Gasteiger charge is 2.10. The van der Waals surface area contributed by atoms with Gasteiger partial charge in [0.2, 0.25) is 6.41 Å². The summed E-state index contributed by atoms with van der Waals surface area (Å²) in [7, 11) is 1.69. The number of carbonyl (C=O) groups is 1. The zero-order valence-electron chi connectivity index (χ0n) is 10.4. The summed E-state index contributed by atoms with van der Waals surface area (Å²) in [6.07, 6.45) is 3.26. The van der Waals surface area contributed by atoms with Crippen LogP contribution in [0.2, 0.25) is 0 Å². The van der Waals surface area contributed by atoms with Gasteiger partial charge < -0.3 is 9.64 Å². The number of hydrogen-bond donors (Lipinski definition) is 0. The van der Waals surface area contributed by atoms with Crippen LogP contribution in [0.25, 0.3) is 0 Å². The van der Waals surface area contributed by atoms with Gasteiger partial charge in [0.05, 0.1) is 6.10 Å². The van der Waals surface area contributed by atoms with E-state index < -0.39 is 0 Å². The normalized spacial score (nSPS) is 11.9. The number of benzene rings is 1. The number of amides is 1. The van der Waals surface area contributed by atoms with Crippen molar-refractivity contribution < 1.29 is 9.53 Å². The molecule has 3 heteroatoms. The van der Waals surface area contributed by atoms with E-state index in [0.717, 1.165) is 18.4 Å². The molecule has 1 rings (SSSR count). The zero-order chi connectivity index (χ0) is 12.7. The fourth-order valence-corrected chi connectivity index (χ4v) is 1.47. The van der Waals surface area contributed by atoms with Gasteiger partial charge in [0.1, 0.15) is 6.73 Å². The molecule has 0 spiro atoms. The minimum atomic E-state index is -0.0458. The fourth-order valence-electron chi connectivity index (χ4n) is 1.47. The van der Waals surface area contributed by atoms with Gasteiger partial charge in [-0.25, -0.2) is 0 Å². The Morgan fingerprint density at radius 3 is 2.59 bits per heavy atom. The molecule has 0 aliphatic heterocycles. The van der Waals surface area contributed by atoms with Gasteiger partial charge in [-0.1, -0.05) is 35.9 Å². The molecule has 1 aromatic carbocycles. The number of hydrogen-bond acceptors (Lipinski definition) is 2. The highest BCUT2D eigenvalue weighted by atomic mass is 16.5. The van der Waals surface area contributed by atoms with Gasteiger partial charge in [-0.3, -0.25) is 4.79 Å². The van der Waals surface area contributed by atoms with Crippen molar-refractivity contribution in [2.75, 3.05) is 13.8 Å². The summed E-state index contributed by atoms with van der Waals surface area (Å²) in [5, 5.41) is 0. The van der Waals surface area contributed by atoms with Crippen LogP contribution >= 0.6 is 0 Å². The van der Waals surface area contributed by atoms with Gasteiger partial charge in [0.15, 0.2) is 0 Å². The quantitative estimate of drug-likeness (QED) is 0.411. The second kappa shape index (κ2) is 6.86. The van der Waals surface area contributed by atoms with Crippen molar-refractivity contribution in [3.63, 3.8) is 0 Å². The molecule has 1 atom stereocenters. The molecule has 0 aromatic heterocycles. The van der Waals surface area contributed by atoms with Crippen LogP contribution in [0, 0.1) is 6.92 Å². The first-order chi connectivity index (χ1) is 8.17. The van der Waals surface area contributed by atoms with Crippen LogP contribution in [0.4, 0.5) is 0 Å².